The van der Waals surface area contributed by atoms with Crippen LogP contribution in [0.1, 0.15) is 27.7 Å². The largest absolute Gasteiger partial charge is 0.339 e. The summed E-state index contributed by atoms with van der Waals surface area (Å²) >= 11 is 1.62. The first-order chi connectivity index (χ1) is 4.41. The van der Waals surface area contributed by atoms with Gasteiger partial charge in [0.1, 0.15) is 0 Å². The van der Waals surface area contributed by atoms with E-state index in [1.807, 2.05) is 33.2 Å². The second-order valence-electron chi connectivity index (χ2n) is 3.46. The van der Waals surface area contributed by atoms with Crippen LogP contribution in [0.15, 0.2) is 4.99 Å². The Morgan fingerprint density at radius 2 is 2.00 bits per heavy atom. The Morgan fingerprint density at radius 1 is 1.50 bits per heavy atom. The van der Waals surface area contributed by atoms with E-state index in [1.165, 1.54) is 0 Å². The van der Waals surface area contributed by atoms with Gasteiger partial charge in [0.2, 0.25) is 5.06 Å². The van der Waals surface area contributed by atoms with E-state index in [4.69, 9.17) is 4.74 Å². The number of hydrogen-bond donors (Lipinski definition) is 0. The lowest BCUT2D eigenvalue weighted by Crippen LogP contribution is -2.36. The number of hydrogen-bond acceptors (Lipinski definition) is 3. The molecular formula is C7H13NOS. The Kier molecular flexibility index (Phi) is 1.81. The molecule has 0 spiro atoms. The highest BCUT2D eigenvalue weighted by Crippen LogP contribution is 2.37. The van der Waals surface area contributed by atoms with Crippen LogP contribution in [0.5, 0.6) is 0 Å². The third-order valence-electron chi connectivity index (χ3n) is 1.05. The van der Waals surface area contributed by atoms with Crippen LogP contribution in [0, 0.1) is 0 Å². The molecule has 0 amide bonds. The Morgan fingerprint density at radius 3 is 2.10 bits per heavy atom. The summed E-state index contributed by atoms with van der Waals surface area (Å²) in [5.41, 5.74) is 1.71. The molecule has 1 rings (SSSR count). The summed E-state index contributed by atoms with van der Waals surface area (Å²) in [5.74, 6) is 0. The highest BCUT2D eigenvalue weighted by Gasteiger charge is 2.34. The van der Waals surface area contributed by atoms with Crippen LogP contribution in [-0.2, 0) is 4.74 Å². The van der Waals surface area contributed by atoms with Crippen LogP contribution in [-0.4, -0.2) is 16.2 Å². The molecule has 1 unspecified atom stereocenters. The number of nitrogens with zero attached hydrogens (tertiary/aromatic N) is 1. The zero-order valence-corrected chi connectivity index (χ0v) is 7.66. The summed E-state index contributed by atoms with van der Waals surface area (Å²) in [5, 5.41) is -0.307. The standard InChI is InChI=1S/C7H13NOS/c1-6(2,3)9-7(4)8-5-10-7/h5H,1-4H3. The van der Waals surface area contributed by atoms with Gasteiger partial charge in [0, 0.05) is 0 Å². The number of thioether (sulfide) groups is 1. The maximum Gasteiger partial charge on any atom is 0.210 e. The van der Waals surface area contributed by atoms with Crippen molar-refractivity contribution in [3.05, 3.63) is 0 Å². The minimum absolute atomic E-state index is 0.0977. The second kappa shape index (κ2) is 2.24. The molecule has 1 aliphatic rings. The lowest BCUT2D eigenvalue weighted by Gasteiger charge is -2.35. The fourth-order valence-electron chi connectivity index (χ4n) is 0.820. The molecule has 1 atom stereocenters. The van der Waals surface area contributed by atoms with Crippen molar-refractivity contribution in [3.8, 4) is 0 Å². The van der Waals surface area contributed by atoms with Crippen LogP contribution in [0.2, 0.25) is 0 Å². The fraction of sp³-hybridized carbons (Fsp3) is 0.857. The van der Waals surface area contributed by atoms with Gasteiger partial charge in [-0.15, -0.1) is 0 Å². The molecule has 0 bridgehead atoms. The van der Waals surface area contributed by atoms with Crippen molar-refractivity contribution in [2.24, 2.45) is 4.99 Å². The predicted molar refractivity (Wildman–Crippen MR) is 45.3 cm³/mol. The zero-order valence-electron chi connectivity index (χ0n) is 6.84. The number of ether oxygens (including phenoxy) is 1. The average Bonchev–Trinajstić information content (AvgIpc) is 1.57. The minimum Gasteiger partial charge on any atom is -0.339 e. The molecule has 0 radical (unpaired) electrons. The quantitative estimate of drug-likeness (QED) is 0.585. The van der Waals surface area contributed by atoms with Crippen molar-refractivity contribution in [2.45, 2.75) is 38.4 Å². The summed E-state index contributed by atoms with van der Waals surface area (Å²) < 4.78 is 5.63. The van der Waals surface area contributed by atoms with Crippen molar-refractivity contribution in [1.29, 1.82) is 0 Å². The van der Waals surface area contributed by atoms with Gasteiger partial charge < -0.3 is 4.74 Å². The molecule has 10 heavy (non-hydrogen) atoms. The van der Waals surface area contributed by atoms with Gasteiger partial charge in [-0.2, -0.15) is 0 Å². The third kappa shape index (κ3) is 1.99. The van der Waals surface area contributed by atoms with Gasteiger partial charge in [-0.1, -0.05) is 11.8 Å². The van der Waals surface area contributed by atoms with Gasteiger partial charge in [-0.25, -0.2) is 4.99 Å². The Hall–Kier alpha value is -0.0200. The number of aliphatic imine (C=N–C) groups is 1. The molecule has 0 saturated carbocycles. The molecule has 0 aromatic heterocycles. The van der Waals surface area contributed by atoms with Gasteiger partial charge in [0.15, 0.2) is 0 Å². The van der Waals surface area contributed by atoms with Gasteiger partial charge in [-0.3, -0.25) is 0 Å². The van der Waals surface area contributed by atoms with Crippen molar-refractivity contribution >= 4 is 17.3 Å². The van der Waals surface area contributed by atoms with Crippen LogP contribution in [0.4, 0.5) is 0 Å². The van der Waals surface area contributed by atoms with Gasteiger partial charge in [-0.05, 0) is 27.7 Å². The van der Waals surface area contributed by atoms with Crippen molar-refractivity contribution in [1.82, 2.24) is 0 Å². The van der Waals surface area contributed by atoms with Crippen molar-refractivity contribution in [3.63, 3.8) is 0 Å². The first-order valence-corrected chi connectivity index (χ1v) is 4.21. The lowest BCUT2D eigenvalue weighted by atomic mass is 10.2. The second-order valence-corrected chi connectivity index (χ2v) is 4.67. The minimum atomic E-state index is -0.307. The molecule has 0 aromatic carbocycles. The molecule has 1 heterocycles. The van der Waals surface area contributed by atoms with Gasteiger partial charge in [0.25, 0.3) is 0 Å². The fourth-order valence-corrected chi connectivity index (χ4v) is 1.52. The predicted octanol–water partition coefficient (Wildman–Crippen LogP) is 2.25. The average molecular weight is 159 g/mol. The summed E-state index contributed by atoms with van der Waals surface area (Å²) in [6.45, 7) is 8.08. The molecule has 0 aliphatic carbocycles. The first-order valence-electron chi connectivity index (χ1n) is 3.33. The van der Waals surface area contributed by atoms with E-state index in [0.717, 1.165) is 0 Å². The lowest BCUT2D eigenvalue weighted by molar-refractivity contribution is -0.0677. The molecule has 58 valence electrons. The van der Waals surface area contributed by atoms with Crippen molar-refractivity contribution in [2.75, 3.05) is 0 Å². The topological polar surface area (TPSA) is 21.6 Å². The van der Waals surface area contributed by atoms with Gasteiger partial charge in [0.05, 0.1) is 11.1 Å². The Balaban J connectivity index is 2.46. The molecule has 1 aliphatic heterocycles. The summed E-state index contributed by atoms with van der Waals surface area (Å²) in [7, 11) is 0. The third-order valence-corrected chi connectivity index (χ3v) is 1.89. The normalized spacial score (nSPS) is 32.0. The van der Waals surface area contributed by atoms with E-state index in [1.54, 1.807) is 11.8 Å². The Bertz CT molecular complexity index is 161. The molecular weight excluding hydrogens is 146 g/mol. The molecule has 0 fully saturated rings. The first kappa shape index (κ1) is 8.08. The maximum atomic E-state index is 5.63. The smallest absolute Gasteiger partial charge is 0.210 e. The summed E-state index contributed by atoms with van der Waals surface area (Å²) in [6.07, 6.45) is 0. The number of rotatable bonds is 1. The monoisotopic (exact) mass is 159 g/mol. The van der Waals surface area contributed by atoms with E-state index >= 15 is 0 Å². The van der Waals surface area contributed by atoms with E-state index in [-0.39, 0.29) is 10.7 Å². The van der Waals surface area contributed by atoms with E-state index in [0.29, 0.717) is 0 Å². The summed E-state index contributed by atoms with van der Waals surface area (Å²) in [4.78, 5) is 4.10. The van der Waals surface area contributed by atoms with E-state index < -0.39 is 0 Å². The van der Waals surface area contributed by atoms with Crippen LogP contribution in [0.25, 0.3) is 0 Å². The highest BCUT2D eigenvalue weighted by atomic mass is 32.2. The molecule has 0 aromatic rings. The van der Waals surface area contributed by atoms with Crippen LogP contribution >= 0.6 is 11.8 Å². The molecule has 0 N–H and O–H groups in total. The molecule has 0 saturated heterocycles. The van der Waals surface area contributed by atoms with E-state index in [2.05, 4.69) is 4.99 Å². The van der Waals surface area contributed by atoms with E-state index in [9.17, 15) is 0 Å². The zero-order chi connectivity index (χ0) is 7.83. The highest BCUT2D eigenvalue weighted by molar-refractivity contribution is 8.14. The molecule has 3 heteroatoms. The summed E-state index contributed by atoms with van der Waals surface area (Å²) in [6, 6.07) is 0. The maximum absolute atomic E-state index is 5.63. The van der Waals surface area contributed by atoms with Crippen LogP contribution < -0.4 is 0 Å². The van der Waals surface area contributed by atoms with Crippen LogP contribution in [0.3, 0.4) is 0 Å². The molecule has 2 nitrogen and oxygen atoms in total. The Labute approximate surface area is 66.1 Å². The van der Waals surface area contributed by atoms with Gasteiger partial charge >= 0.3 is 0 Å². The van der Waals surface area contributed by atoms with Crippen molar-refractivity contribution < 1.29 is 4.74 Å². The SMILES string of the molecule is CC(C)(C)OC1(C)N=CS1.